The van der Waals surface area contributed by atoms with Crippen LogP contribution in [0.3, 0.4) is 0 Å². The number of hydrogen-bond acceptors (Lipinski definition) is 1. The van der Waals surface area contributed by atoms with E-state index in [0.717, 1.165) is 44.3 Å². The summed E-state index contributed by atoms with van der Waals surface area (Å²) in [4.78, 5) is 14.3. The number of likely N-dealkylation sites (tertiary alicyclic amines) is 1. The van der Waals surface area contributed by atoms with Crippen molar-refractivity contribution in [2.24, 2.45) is 17.3 Å². The highest BCUT2D eigenvalue weighted by Crippen LogP contribution is 2.42. The number of hydrogen-bond donors (Lipinski definition) is 1. The van der Waals surface area contributed by atoms with Gasteiger partial charge in [0.05, 0.1) is 0 Å². The highest BCUT2D eigenvalue weighted by molar-refractivity contribution is 5.74. The lowest BCUT2D eigenvalue weighted by atomic mass is 9.78. The summed E-state index contributed by atoms with van der Waals surface area (Å²) in [6.45, 7) is 9.64. The third-order valence-electron chi connectivity index (χ3n) is 5.19. The molecule has 3 nitrogen and oxygen atoms in total. The van der Waals surface area contributed by atoms with Crippen molar-refractivity contribution in [1.82, 2.24) is 10.2 Å². The SMILES string of the molecule is CC(C)CC1(CNC(=O)N2CCC(C)CC2)CCCC1. The number of piperidine rings is 1. The molecule has 1 saturated carbocycles. The molecule has 1 saturated heterocycles. The molecule has 2 aliphatic rings. The first-order valence-corrected chi connectivity index (χ1v) is 8.53. The summed E-state index contributed by atoms with van der Waals surface area (Å²) in [5.41, 5.74) is 0.382. The van der Waals surface area contributed by atoms with Gasteiger partial charge in [-0.05, 0) is 49.4 Å². The minimum Gasteiger partial charge on any atom is -0.337 e. The van der Waals surface area contributed by atoms with Crippen LogP contribution >= 0.6 is 0 Å². The van der Waals surface area contributed by atoms with Crippen LogP contribution in [-0.2, 0) is 0 Å². The van der Waals surface area contributed by atoms with Gasteiger partial charge in [-0.2, -0.15) is 0 Å². The van der Waals surface area contributed by atoms with Crippen LogP contribution in [0, 0.1) is 17.3 Å². The van der Waals surface area contributed by atoms with Crippen LogP contribution in [0.4, 0.5) is 4.79 Å². The summed E-state index contributed by atoms with van der Waals surface area (Å²) in [7, 11) is 0. The second kappa shape index (κ2) is 6.82. The normalized spacial score (nSPS) is 23.3. The Morgan fingerprint density at radius 3 is 2.40 bits per heavy atom. The lowest BCUT2D eigenvalue weighted by molar-refractivity contribution is 0.162. The fourth-order valence-electron chi connectivity index (χ4n) is 4.03. The van der Waals surface area contributed by atoms with E-state index < -0.39 is 0 Å². The Morgan fingerprint density at radius 2 is 1.85 bits per heavy atom. The number of carbonyl (C=O) groups excluding carboxylic acids is 1. The predicted octanol–water partition coefficient (Wildman–Crippen LogP) is 4.03. The van der Waals surface area contributed by atoms with Crippen LogP contribution in [0.5, 0.6) is 0 Å². The lowest BCUT2D eigenvalue weighted by Gasteiger charge is -2.34. The first kappa shape index (κ1) is 15.7. The number of carbonyl (C=O) groups is 1. The second-order valence-corrected chi connectivity index (χ2v) is 7.63. The highest BCUT2D eigenvalue weighted by atomic mass is 16.2. The molecule has 20 heavy (non-hydrogen) atoms. The molecule has 1 N–H and O–H groups in total. The zero-order chi connectivity index (χ0) is 14.6. The van der Waals surface area contributed by atoms with Crippen molar-refractivity contribution in [1.29, 1.82) is 0 Å². The van der Waals surface area contributed by atoms with Crippen molar-refractivity contribution >= 4 is 6.03 Å². The Bertz CT molecular complexity index is 313. The lowest BCUT2D eigenvalue weighted by Crippen LogP contribution is -2.47. The average molecular weight is 280 g/mol. The van der Waals surface area contributed by atoms with E-state index in [-0.39, 0.29) is 6.03 Å². The van der Waals surface area contributed by atoms with Gasteiger partial charge in [0.1, 0.15) is 0 Å². The molecule has 2 amide bonds. The van der Waals surface area contributed by atoms with Crippen LogP contribution in [0.25, 0.3) is 0 Å². The van der Waals surface area contributed by atoms with E-state index in [9.17, 15) is 4.79 Å². The number of nitrogens with one attached hydrogen (secondary N) is 1. The Hall–Kier alpha value is -0.730. The molecule has 0 aromatic carbocycles. The van der Waals surface area contributed by atoms with E-state index in [1.165, 1.54) is 32.1 Å². The topological polar surface area (TPSA) is 32.3 Å². The molecule has 0 atom stereocenters. The van der Waals surface area contributed by atoms with Crippen molar-refractivity contribution in [3.63, 3.8) is 0 Å². The smallest absolute Gasteiger partial charge is 0.317 e. The molecular weight excluding hydrogens is 248 g/mol. The van der Waals surface area contributed by atoms with Crippen LogP contribution < -0.4 is 5.32 Å². The molecule has 2 fully saturated rings. The van der Waals surface area contributed by atoms with E-state index in [1.807, 2.05) is 4.90 Å². The molecule has 1 heterocycles. The summed E-state index contributed by atoms with van der Waals surface area (Å²) in [6.07, 6.45) is 8.83. The zero-order valence-electron chi connectivity index (χ0n) is 13.6. The average Bonchev–Trinajstić information content (AvgIpc) is 2.85. The molecule has 0 aromatic heterocycles. The molecule has 0 bridgehead atoms. The van der Waals surface area contributed by atoms with E-state index in [1.54, 1.807) is 0 Å². The molecule has 0 aromatic rings. The quantitative estimate of drug-likeness (QED) is 0.828. The molecule has 0 radical (unpaired) electrons. The predicted molar refractivity (Wildman–Crippen MR) is 83.7 cm³/mol. The fourth-order valence-corrected chi connectivity index (χ4v) is 4.03. The Morgan fingerprint density at radius 1 is 1.25 bits per heavy atom. The van der Waals surface area contributed by atoms with E-state index in [2.05, 4.69) is 26.1 Å². The van der Waals surface area contributed by atoms with Gasteiger partial charge in [0, 0.05) is 19.6 Å². The van der Waals surface area contributed by atoms with Gasteiger partial charge in [-0.15, -0.1) is 0 Å². The summed E-state index contributed by atoms with van der Waals surface area (Å²) >= 11 is 0. The molecule has 0 spiro atoms. The monoisotopic (exact) mass is 280 g/mol. The second-order valence-electron chi connectivity index (χ2n) is 7.63. The Balaban J connectivity index is 1.81. The fraction of sp³-hybridized carbons (Fsp3) is 0.941. The Labute approximate surface area is 124 Å². The van der Waals surface area contributed by atoms with Gasteiger partial charge in [0.15, 0.2) is 0 Å². The van der Waals surface area contributed by atoms with Crippen molar-refractivity contribution in [2.75, 3.05) is 19.6 Å². The van der Waals surface area contributed by atoms with Gasteiger partial charge in [-0.3, -0.25) is 0 Å². The number of urea groups is 1. The van der Waals surface area contributed by atoms with Gasteiger partial charge in [-0.1, -0.05) is 33.6 Å². The largest absolute Gasteiger partial charge is 0.337 e. The first-order chi connectivity index (χ1) is 9.51. The molecule has 1 aliphatic heterocycles. The van der Waals surface area contributed by atoms with Crippen molar-refractivity contribution in [2.45, 2.75) is 65.7 Å². The summed E-state index contributed by atoms with van der Waals surface area (Å²) in [5.74, 6) is 1.50. The zero-order valence-corrected chi connectivity index (χ0v) is 13.6. The van der Waals surface area contributed by atoms with Crippen molar-refractivity contribution in [3.05, 3.63) is 0 Å². The van der Waals surface area contributed by atoms with Crippen molar-refractivity contribution < 1.29 is 4.79 Å². The van der Waals surface area contributed by atoms with Gasteiger partial charge in [0.2, 0.25) is 0 Å². The maximum atomic E-state index is 12.3. The molecule has 2 rings (SSSR count). The van der Waals surface area contributed by atoms with E-state index >= 15 is 0 Å². The maximum Gasteiger partial charge on any atom is 0.317 e. The van der Waals surface area contributed by atoms with Gasteiger partial charge >= 0.3 is 6.03 Å². The third kappa shape index (κ3) is 4.13. The van der Waals surface area contributed by atoms with Crippen LogP contribution in [0.15, 0.2) is 0 Å². The molecule has 3 heteroatoms. The molecule has 116 valence electrons. The third-order valence-corrected chi connectivity index (χ3v) is 5.19. The first-order valence-electron chi connectivity index (χ1n) is 8.53. The van der Waals surface area contributed by atoms with Gasteiger partial charge in [0.25, 0.3) is 0 Å². The number of amides is 2. The van der Waals surface area contributed by atoms with Crippen LogP contribution in [0.1, 0.15) is 65.7 Å². The maximum absolute atomic E-state index is 12.3. The Kier molecular flexibility index (Phi) is 5.34. The molecular formula is C17H32N2O. The van der Waals surface area contributed by atoms with Crippen molar-refractivity contribution in [3.8, 4) is 0 Å². The summed E-state index contributed by atoms with van der Waals surface area (Å²) < 4.78 is 0. The number of nitrogens with zero attached hydrogens (tertiary/aromatic N) is 1. The standard InChI is InChI=1S/C17H32N2O/c1-14(2)12-17(8-4-5-9-17)13-18-16(20)19-10-6-15(3)7-11-19/h14-15H,4-13H2,1-3H3,(H,18,20). The van der Waals surface area contributed by atoms with Crippen LogP contribution in [-0.4, -0.2) is 30.6 Å². The van der Waals surface area contributed by atoms with Crippen LogP contribution in [0.2, 0.25) is 0 Å². The minimum absolute atomic E-state index is 0.173. The van der Waals surface area contributed by atoms with Gasteiger partial charge in [-0.25, -0.2) is 4.79 Å². The summed E-state index contributed by atoms with van der Waals surface area (Å²) in [6, 6.07) is 0.173. The number of rotatable bonds is 4. The highest BCUT2D eigenvalue weighted by Gasteiger charge is 2.35. The summed E-state index contributed by atoms with van der Waals surface area (Å²) in [5, 5.41) is 3.24. The van der Waals surface area contributed by atoms with E-state index in [4.69, 9.17) is 0 Å². The molecule has 0 unspecified atom stereocenters. The molecule has 1 aliphatic carbocycles. The van der Waals surface area contributed by atoms with Gasteiger partial charge < -0.3 is 10.2 Å². The van der Waals surface area contributed by atoms with E-state index in [0.29, 0.717) is 5.41 Å². The minimum atomic E-state index is 0.173.